The Kier molecular flexibility index (Phi) is 5.06. The zero-order valence-electron chi connectivity index (χ0n) is 15.2. The number of nitrogens with zero attached hydrogens (tertiary/aromatic N) is 4. The summed E-state index contributed by atoms with van der Waals surface area (Å²) in [5, 5.41) is 0. The molecule has 1 fully saturated rings. The van der Waals surface area contributed by atoms with E-state index in [1.807, 2.05) is 39.6 Å². The molecule has 0 N–H and O–H groups in total. The first-order chi connectivity index (χ1) is 12.0. The topological polar surface area (TPSA) is 58.4 Å². The van der Waals surface area contributed by atoms with Gasteiger partial charge in [-0.2, -0.15) is 0 Å². The molecule has 0 aliphatic carbocycles. The Balaban J connectivity index is 1.68. The van der Waals surface area contributed by atoms with Gasteiger partial charge < -0.3 is 14.4 Å². The molecule has 1 aliphatic rings. The van der Waals surface area contributed by atoms with E-state index in [0.29, 0.717) is 37.5 Å². The molecule has 3 rings (SSSR count). The van der Waals surface area contributed by atoms with Crippen LogP contribution in [0, 0.1) is 5.92 Å². The molecule has 1 aromatic carbocycles. The van der Waals surface area contributed by atoms with Gasteiger partial charge in [0.25, 0.3) is 5.91 Å². The van der Waals surface area contributed by atoms with Gasteiger partial charge in [0, 0.05) is 45.2 Å². The summed E-state index contributed by atoms with van der Waals surface area (Å²) < 4.78 is 1.94. The molecule has 0 atom stereocenters. The molecule has 134 valence electrons. The standard InChI is InChI=1S/C19H26N4O2/c1-14(2)11-18(24)22-7-4-8-23(10-9-22)19(25)15-5-6-17-16(12-15)20-13-21(17)3/h5-6,12-14H,4,7-11H2,1-3H3. The molecule has 0 unspecified atom stereocenters. The molecule has 1 aliphatic heterocycles. The molecule has 2 heterocycles. The second-order valence-corrected chi connectivity index (χ2v) is 7.18. The molecule has 1 aromatic heterocycles. The van der Waals surface area contributed by atoms with E-state index in [1.54, 1.807) is 6.33 Å². The highest BCUT2D eigenvalue weighted by Gasteiger charge is 2.23. The molecule has 25 heavy (non-hydrogen) atoms. The lowest BCUT2D eigenvalue weighted by Gasteiger charge is -2.23. The highest BCUT2D eigenvalue weighted by Crippen LogP contribution is 2.17. The van der Waals surface area contributed by atoms with Crippen molar-refractivity contribution in [3.63, 3.8) is 0 Å². The number of imidazole rings is 1. The SMILES string of the molecule is CC(C)CC(=O)N1CCCN(C(=O)c2ccc3c(c2)ncn3C)CC1. The molecule has 0 saturated carbocycles. The zero-order valence-corrected chi connectivity index (χ0v) is 15.2. The van der Waals surface area contributed by atoms with E-state index in [2.05, 4.69) is 18.8 Å². The van der Waals surface area contributed by atoms with Crippen LogP contribution in [-0.4, -0.2) is 57.3 Å². The summed E-state index contributed by atoms with van der Waals surface area (Å²) in [6.45, 7) is 6.73. The maximum atomic E-state index is 12.8. The van der Waals surface area contributed by atoms with Crippen LogP contribution in [0.3, 0.4) is 0 Å². The van der Waals surface area contributed by atoms with Crippen molar-refractivity contribution >= 4 is 22.8 Å². The average molecular weight is 342 g/mol. The summed E-state index contributed by atoms with van der Waals surface area (Å²) in [5.74, 6) is 0.573. The van der Waals surface area contributed by atoms with E-state index in [9.17, 15) is 9.59 Å². The first kappa shape index (κ1) is 17.5. The summed E-state index contributed by atoms with van der Waals surface area (Å²) in [7, 11) is 1.94. The van der Waals surface area contributed by atoms with Crippen molar-refractivity contribution in [2.75, 3.05) is 26.2 Å². The summed E-state index contributed by atoms with van der Waals surface area (Å²) >= 11 is 0. The largest absolute Gasteiger partial charge is 0.341 e. The van der Waals surface area contributed by atoms with Gasteiger partial charge >= 0.3 is 0 Å². The number of fused-ring (bicyclic) bond motifs is 1. The fourth-order valence-corrected chi connectivity index (χ4v) is 3.30. The first-order valence-corrected chi connectivity index (χ1v) is 8.94. The minimum Gasteiger partial charge on any atom is -0.341 e. The number of aromatic nitrogens is 2. The van der Waals surface area contributed by atoms with Crippen LogP contribution in [0.15, 0.2) is 24.5 Å². The van der Waals surface area contributed by atoms with Gasteiger partial charge in [0.15, 0.2) is 0 Å². The van der Waals surface area contributed by atoms with Crippen molar-refractivity contribution in [3.05, 3.63) is 30.1 Å². The zero-order chi connectivity index (χ0) is 18.0. The third-order valence-electron chi connectivity index (χ3n) is 4.69. The number of hydrogen-bond acceptors (Lipinski definition) is 3. The maximum Gasteiger partial charge on any atom is 0.253 e. The molecule has 1 saturated heterocycles. The van der Waals surface area contributed by atoms with Crippen LogP contribution < -0.4 is 0 Å². The van der Waals surface area contributed by atoms with Crippen molar-refractivity contribution in [3.8, 4) is 0 Å². The number of benzene rings is 1. The average Bonchev–Trinajstić information content (AvgIpc) is 2.80. The van der Waals surface area contributed by atoms with Crippen molar-refractivity contribution in [2.45, 2.75) is 26.7 Å². The van der Waals surface area contributed by atoms with Gasteiger partial charge in [-0.15, -0.1) is 0 Å². The van der Waals surface area contributed by atoms with E-state index < -0.39 is 0 Å². The number of amides is 2. The smallest absolute Gasteiger partial charge is 0.253 e. The molecular formula is C19H26N4O2. The van der Waals surface area contributed by atoms with Crippen LogP contribution in [0.25, 0.3) is 11.0 Å². The van der Waals surface area contributed by atoms with Crippen molar-refractivity contribution in [1.82, 2.24) is 19.4 Å². The number of rotatable bonds is 3. The van der Waals surface area contributed by atoms with Gasteiger partial charge in [-0.1, -0.05) is 13.8 Å². The molecular weight excluding hydrogens is 316 g/mol. The summed E-state index contributed by atoms with van der Waals surface area (Å²) in [6.07, 6.45) is 3.15. The second kappa shape index (κ2) is 7.25. The van der Waals surface area contributed by atoms with Crippen molar-refractivity contribution in [1.29, 1.82) is 0 Å². The fraction of sp³-hybridized carbons (Fsp3) is 0.526. The molecule has 0 bridgehead atoms. The van der Waals surface area contributed by atoms with Crippen molar-refractivity contribution < 1.29 is 9.59 Å². The Hall–Kier alpha value is -2.37. The van der Waals surface area contributed by atoms with Gasteiger partial charge in [-0.25, -0.2) is 4.98 Å². The van der Waals surface area contributed by atoms with Crippen LogP contribution >= 0.6 is 0 Å². The lowest BCUT2D eigenvalue weighted by molar-refractivity contribution is -0.131. The molecule has 6 heteroatoms. The molecule has 2 aromatic rings. The summed E-state index contributed by atoms with van der Waals surface area (Å²) in [4.78, 5) is 33.2. The van der Waals surface area contributed by atoms with Crippen LogP contribution in [0.2, 0.25) is 0 Å². The number of carbonyl (C=O) groups is 2. The Morgan fingerprint density at radius 2 is 1.84 bits per heavy atom. The minimum absolute atomic E-state index is 0.0192. The number of hydrogen-bond donors (Lipinski definition) is 0. The Labute approximate surface area is 148 Å². The maximum absolute atomic E-state index is 12.8. The predicted molar refractivity (Wildman–Crippen MR) is 97.3 cm³/mol. The molecule has 6 nitrogen and oxygen atoms in total. The Bertz CT molecular complexity index is 781. The highest BCUT2D eigenvalue weighted by molar-refractivity contribution is 5.97. The van der Waals surface area contributed by atoms with E-state index in [-0.39, 0.29) is 11.8 Å². The van der Waals surface area contributed by atoms with Crippen molar-refractivity contribution in [2.24, 2.45) is 13.0 Å². The minimum atomic E-state index is 0.0192. The normalized spacial score (nSPS) is 15.7. The van der Waals surface area contributed by atoms with E-state index in [4.69, 9.17) is 0 Å². The van der Waals surface area contributed by atoms with Crippen LogP contribution in [-0.2, 0) is 11.8 Å². The van der Waals surface area contributed by atoms with Gasteiger partial charge in [0.2, 0.25) is 5.91 Å². The van der Waals surface area contributed by atoms with E-state index in [0.717, 1.165) is 24.0 Å². The summed E-state index contributed by atoms with van der Waals surface area (Å²) in [6, 6.07) is 5.65. The van der Waals surface area contributed by atoms with E-state index in [1.165, 1.54) is 0 Å². The third kappa shape index (κ3) is 3.83. The monoisotopic (exact) mass is 342 g/mol. The lowest BCUT2D eigenvalue weighted by Crippen LogP contribution is -2.37. The van der Waals surface area contributed by atoms with Crippen LogP contribution in [0.1, 0.15) is 37.0 Å². The Morgan fingerprint density at radius 1 is 1.12 bits per heavy atom. The first-order valence-electron chi connectivity index (χ1n) is 8.94. The predicted octanol–water partition coefficient (Wildman–Crippen LogP) is 2.29. The molecule has 0 radical (unpaired) electrons. The number of aryl methyl sites for hydroxylation is 1. The summed E-state index contributed by atoms with van der Waals surface area (Å²) in [5.41, 5.74) is 2.50. The van der Waals surface area contributed by atoms with Gasteiger partial charge in [0.05, 0.1) is 17.4 Å². The van der Waals surface area contributed by atoms with Gasteiger partial charge in [-0.05, 0) is 30.5 Å². The second-order valence-electron chi connectivity index (χ2n) is 7.18. The van der Waals surface area contributed by atoms with Crippen LogP contribution in [0.4, 0.5) is 0 Å². The number of carbonyl (C=O) groups excluding carboxylic acids is 2. The van der Waals surface area contributed by atoms with Crippen LogP contribution in [0.5, 0.6) is 0 Å². The fourth-order valence-electron chi connectivity index (χ4n) is 3.30. The van der Waals surface area contributed by atoms with Gasteiger partial charge in [0.1, 0.15) is 0 Å². The van der Waals surface area contributed by atoms with E-state index >= 15 is 0 Å². The molecule has 2 amide bonds. The quantitative estimate of drug-likeness (QED) is 0.860. The van der Waals surface area contributed by atoms with Gasteiger partial charge in [-0.3, -0.25) is 9.59 Å². The Morgan fingerprint density at radius 3 is 2.60 bits per heavy atom. The third-order valence-corrected chi connectivity index (χ3v) is 4.69. The highest BCUT2D eigenvalue weighted by atomic mass is 16.2. The lowest BCUT2D eigenvalue weighted by atomic mass is 10.1. The molecule has 0 spiro atoms.